The van der Waals surface area contributed by atoms with E-state index in [1.54, 1.807) is 7.11 Å². The third kappa shape index (κ3) is 5.02. The summed E-state index contributed by atoms with van der Waals surface area (Å²) in [6.45, 7) is 4.11. The Kier molecular flexibility index (Phi) is 7.27. The van der Waals surface area contributed by atoms with Gasteiger partial charge in [0.1, 0.15) is 5.75 Å². The lowest BCUT2D eigenvalue weighted by Crippen LogP contribution is -2.36. The molecule has 0 unspecified atom stereocenters. The van der Waals surface area contributed by atoms with Crippen molar-refractivity contribution in [3.05, 3.63) is 60.4 Å². The first-order chi connectivity index (χ1) is 16.1. The fourth-order valence-corrected chi connectivity index (χ4v) is 4.61. The normalized spacial score (nSPS) is 18.1. The van der Waals surface area contributed by atoms with E-state index < -0.39 is 5.92 Å². The van der Waals surface area contributed by atoms with Crippen LogP contribution in [0.2, 0.25) is 0 Å². The Bertz CT molecular complexity index is 1090. The van der Waals surface area contributed by atoms with E-state index >= 15 is 0 Å². The van der Waals surface area contributed by atoms with Crippen LogP contribution in [-0.4, -0.2) is 46.5 Å². The third-order valence-electron chi connectivity index (χ3n) is 6.38. The molecule has 1 aliphatic rings. The van der Waals surface area contributed by atoms with Crippen LogP contribution in [0.5, 0.6) is 5.75 Å². The number of imidazole rings is 1. The fraction of sp³-hybridized carbons (Fsp3) is 0.423. The zero-order chi connectivity index (χ0) is 23.2. The second-order valence-corrected chi connectivity index (χ2v) is 8.54. The van der Waals surface area contributed by atoms with Crippen molar-refractivity contribution >= 4 is 22.8 Å². The van der Waals surface area contributed by atoms with Gasteiger partial charge in [0, 0.05) is 26.1 Å². The minimum atomic E-state index is -0.392. The van der Waals surface area contributed by atoms with Gasteiger partial charge in [-0.2, -0.15) is 0 Å². The fourth-order valence-electron chi connectivity index (χ4n) is 4.61. The molecule has 33 heavy (non-hydrogen) atoms. The van der Waals surface area contributed by atoms with E-state index in [0.717, 1.165) is 48.2 Å². The predicted molar refractivity (Wildman–Crippen MR) is 128 cm³/mol. The highest BCUT2D eigenvalue weighted by atomic mass is 16.5. The number of hydrogen-bond donors (Lipinski definition) is 1. The van der Waals surface area contributed by atoms with Gasteiger partial charge in [-0.25, -0.2) is 4.98 Å². The minimum Gasteiger partial charge on any atom is -0.497 e. The van der Waals surface area contributed by atoms with Gasteiger partial charge in [-0.1, -0.05) is 37.6 Å². The smallest absolute Gasteiger partial charge is 0.226 e. The van der Waals surface area contributed by atoms with Gasteiger partial charge in [0.25, 0.3) is 0 Å². The molecular weight excluding hydrogens is 416 g/mol. The van der Waals surface area contributed by atoms with Crippen molar-refractivity contribution in [2.24, 2.45) is 5.92 Å². The Labute approximate surface area is 194 Å². The molecule has 1 saturated heterocycles. The van der Waals surface area contributed by atoms with Crippen molar-refractivity contribution in [2.45, 2.75) is 45.2 Å². The van der Waals surface area contributed by atoms with Gasteiger partial charge >= 0.3 is 0 Å². The summed E-state index contributed by atoms with van der Waals surface area (Å²) >= 11 is 0. The number of aryl methyl sites for hydroxylation is 1. The number of rotatable bonds is 10. The molecule has 0 bridgehead atoms. The number of methoxy groups -OCH3 is 1. The molecule has 2 heterocycles. The molecule has 1 aliphatic heterocycles. The molecule has 0 radical (unpaired) electrons. The highest BCUT2D eigenvalue weighted by Crippen LogP contribution is 2.39. The first-order valence-corrected chi connectivity index (χ1v) is 11.7. The first kappa shape index (κ1) is 22.8. The first-order valence-electron chi connectivity index (χ1n) is 11.7. The van der Waals surface area contributed by atoms with Crippen LogP contribution in [-0.2, 0) is 16.1 Å². The second-order valence-electron chi connectivity index (χ2n) is 8.54. The van der Waals surface area contributed by atoms with Gasteiger partial charge in [0.05, 0.1) is 36.4 Å². The van der Waals surface area contributed by atoms with Crippen LogP contribution in [0, 0.1) is 5.92 Å². The highest BCUT2D eigenvalue weighted by Gasteiger charge is 2.43. The SMILES string of the molecule is CCCCN1C(=O)C[C@H](C(=O)NCCCn2cnc3ccccc32)[C@H]1c1ccc(OC)cc1. The molecular formula is C26H32N4O3. The highest BCUT2D eigenvalue weighted by molar-refractivity contribution is 5.90. The van der Waals surface area contributed by atoms with Crippen LogP contribution in [0.15, 0.2) is 54.9 Å². The second kappa shape index (κ2) is 10.5. The number of nitrogens with one attached hydrogen (secondary N) is 1. The van der Waals surface area contributed by atoms with E-state index in [2.05, 4.69) is 27.9 Å². The topological polar surface area (TPSA) is 76.5 Å². The predicted octanol–water partition coefficient (Wildman–Crippen LogP) is 3.94. The van der Waals surface area contributed by atoms with Crippen LogP contribution >= 0.6 is 0 Å². The third-order valence-corrected chi connectivity index (χ3v) is 6.38. The Hall–Kier alpha value is -3.35. The summed E-state index contributed by atoms with van der Waals surface area (Å²) in [7, 11) is 1.63. The lowest BCUT2D eigenvalue weighted by Gasteiger charge is -2.28. The van der Waals surface area contributed by atoms with Crippen molar-refractivity contribution in [3.8, 4) is 5.75 Å². The van der Waals surface area contributed by atoms with Gasteiger partial charge in [-0.15, -0.1) is 0 Å². The standard InChI is InChI=1S/C26H32N4O3/c1-3-4-16-30-24(31)17-21(25(30)19-10-12-20(33-2)13-11-19)26(32)27-14-7-15-29-18-28-22-8-5-6-9-23(22)29/h5-6,8-13,18,21,25H,3-4,7,14-17H2,1-2H3,(H,27,32)/t21-,25+/m0/s1. The van der Waals surface area contributed by atoms with Crippen molar-refractivity contribution in [2.75, 3.05) is 20.2 Å². The van der Waals surface area contributed by atoms with Crippen molar-refractivity contribution < 1.29 is 14.3 Å². The zero-order valence-electron chi connectivity index (χ0n) is 19.4. The van der Waals surface area contributed by atoms with Gasteiger partial charge in [0.15, 0.2) is 0 Å². The van der Waals surface area contributed by atoms with Crippen LogP contribution in [0.3, 0.4) is 0 Å². The monoisotopic (exact) mass is 448 g/mol. The van der Waals surface area contributed by atoms with Crippen molar-refractivity contribution in [1.29, 1.82) is 0 Å². The molecule has 174 valence electrons. The molecule has 0 saturated carbocycles. The maximum atomic E-state index is 13.2. The number of para-hydroxylation sites is 2. The van der Waals surface area contributed by atoms with Crippen molar-refractivity contribution in [1.82, 2.24) is 19.8 Å². The Morgan fingerprint density at radius 3 is 2.67 bits per heavy atom. The molecule has 7 heteroatoms. The molecule has 7 nitrogen and oxygen atoms in total. The molecule has 2 atom stereocenters. The Morgan fingerprint density at radius 1 is 1.12 bits per heavy atom. The molecule has 2 aromatic carbocycles. The largest absolute Gasteiger partial charge is 0.497 e. The van der Waals surface area contributed by atoms with E-state index in [9.17, 15) is 9.59 Å². The molecule has 0 spiro atoms. The summed E-state index contributed by atoms with van der Waals surface area (Å²) < 4.78 is 7.38. The molecule has 0 aliphatic carbocycles. The summed E-state index contributed by atoms with van der Waals surface area (Å²) in [5.74, 6) is 0.362. The maximum Gasteiger partial charge on any atom is 0.226 e. The number of unbranched alkanes of at least 4 members (excludes halogenated alkanes) is 1. The molecule has 1 aromatic heterocycles. The van der Waals surface area contributed by atoms with Crippen LogP contribution in [0.1, 0.15) is 44.2 Å². The number of carbonyl (C=O) groups excluding carboxylic acids is 2. The average Bonchev–Trinajstić information content (AvgIpc) is 3.41. The lowest BCUT2D eigenvalue weighted by atomic mass is 9.92. The van der Waals surface area contributed by atoms with Gasteiger partial charge in [-0.3, -0.25) is 9.59 Å². The number of fused-ring (bicyclic) bond motifs is 1. The maximum absolute atomic E-state index is 13.2. The van der Waals surface area contributed by atoms with E-state index in [-0.39, 0.29) is 24.3 Å². The number of benzene rings is 2. The van der Waals surface area contributed by atoms with E-state index in [1.807, 2.05) is 53.7 Å². The van der Waals surface area contributed by atoms with Gasteiger partial charge in [-0.05, 0) is 42.7 Å². The number of amides is 2. The number of nitrogens with zero attached hydrogens (tertiary/aromatic N) is 3. The van der Waals surface area contributed by atoms with Gasteiger partial charge in [0.2, 0.25) is 11.8 Å². The molecule has 1 fully saturated rings. The molecule has 4 rings (SSSR count). The quantitative estimate of drug-likeness (QED) is 0.477. The molecule has 1 N–H and O–H groups in total. The Balaban J connectivity index is 1.41. The number of likely N-dealkylation sites (tertiary alicyclic amines) is 1. The molecule has 2 amide bonds. The summed E-state index contributed by atoms with van der Waals surface area (Å²) in [6.07, 6.45) is 4.80. The Morgan fingerprint density at radius 2 is 1.91 bits per heavy atom. The average molecular weight is 449 g/mol. The summed E-state index contributed by atoms with van der Waals surface area (Å²) in [4.78, 5) is 32.3. The number of hydrogen-bond acceptors (Lipinski definition) is 4. The number of ether oxygens (including phenoxy) is 1. The van der Waals surface area contributed by atoms with E-state index in [4.69, 9.17) is 4.74 Å². The molecule has 3 aromatic rings. The van der Waals surface area contributed by atoms with Crippen LogP contribution in [0.25, 0.3) is 11.0 Å². The van der Waals surface area contributed by atoms with E-state index in [1.165, 1.54) is 0 Å². The van der Waals surface area contributed by atoms with Crippen LogP contribution < -0.4 is 10.1 Å². The van der Waals surface area contributed by atoms with Gasteiger partial charge < -0.3 is 19.5 Å². The van der Waals surface area contributed by atoms with Crippen molar-refractivity contribution in [3.63, 3.8) is 0 Å². The minimum absolute atomic E-state index is 0.0503. The number of carbonyl (C=O) groups is 2. The zero-order valence-corrected chi connectivity index (χ0v) is 19.4. The lowest BCUT2D eigenvalue weighted by molar-refractivity contribution is -0.129. The summed E-state index contributed by atoms with van der Waals surface area (Å²) in [5.41, 5.74) is 3.04. The van der Waals surface area contributed by atoms with E-state index in [0.29, 0.717) is 13.1 Å². The van der Waals surface area contributed by atoms with Crippen LogP contribution in [0.4, 0.5) is 0 Å². The summed E-state index contributed by atoms with van der Waals surface area (Å²) in [5, 5.41) is 3.08. The summed E-state index contributed by atoms with van der Waals surface area (Å²) in [6, 6.07) is 15.5. The number of aromatic nitrogens is 2.